The first kappa shape index (κ1) is 31.9. The van der Waals surface area contributed by atoms with Crippen LogP contribution in [0.15, 0.2) is 77.7 Å². The third kappa shape index (κ3) is 8.43. The predicted octanol–water partition coefficient (Wildman–Crippen LogP) is 5.26. The monoisotopic (exact) mass is 603 g/mol. The summed E-state index contributed by atoms with van der Waals surface area (Å²) in [4.78, 5) is 28.3. The van der Waals surface area contributed by atoms with Gasteiger partial charge in [0.25, 0.3) is 10.0 Å². The van der Waals surface area contributed by atoms with Gasteiger partial charge in [-0.1, -0.05) is 49.7 Å². The van der Waals surface area contributed by atoms with Gasteiger partial charge in [0.15, 0.2) is 0 Å². The molecule has 11 heteroatoms. The number of nitrogens with zero attached hydrogens (tertiary/aromatic N) is 2. The molecule has 0 aromatic heterocycles. The highest BCUT2D eigenvalue weighted by Gasteiger charge is 2.33. The molecule has 3 rings (SSSR count). The number of sulfonamides is 1. The van der Waals surface area contributed by atoms with E-state index in [4.69, 9.17) is 16.3 Å². The second kappa shape index (κ2) is 14.3. The summed E-state index contributed by atoms with van der Waals surface area (Å²) < 4.78 is 48.2. The Bertz CT molecular complexity index is 1430. The van der Waals surface area contributed by atoms with Crippen molar-refractivity contribution in [3.63, 3.8) is 0 Å². The lowest BCUT2D eigenvalue weighted by atomic mass is 10.1. The van der Waals surface area contributed by atoms with Crippen molar-refractivity contribution in [1.82, 2.24) is 10.2 Å². The quantitative estimate of drug-likeness (QED) is 0.287. The molecule has 0 aliphatic carbocycles. The molecule has 3 aromatic rings. The highest BCUT2D eigenvalue weighted by atomic mass is 35.5. The van der Waals surface area contributed by atoms with Crippen LogP contribution in [-0.4, -0.2) is 50.9 Å². The van der Waals surface area contributed by atoms with Crippen molar-refractivity contribution in [3.05, 3.63) is 89.2 Å². The third-order valence-corrected chi connectivity index (χ3v) is 8.26. The Morgan fingerprint density at radius 3 is 2.22 bits per heavy atom. The molecule has 0 bridgehead atoms. The number of nitrogens with one attached hydrogen (secondary N) is 1. The van der Waals surface area contributed by atoms with E-state index in [9.17, 15) is 22.4 Å². The number of hydrogen-bond donors (Lipinski definition) is 1. The molecule has 0 aliphatic heterocycles. The van der Waals surface area contributed by atoms with Gasteiger partial charge in [0.1, 0.15) is 24.2 Å². The molecule has 0 radical (unpaired) electrons. The molecule has 0 spiro atoms. The van der Waals surface area contributed by atoms with E-state index in [1.54, 1.807) is 38.1 Å². The van der Waals surface area contributed by atoms with Crippen LogP contribution in [0.3, 0.4) is 0 Å². The second-order valence-electron chi connectivity index (χ2n) is 9.83. The Balaban J connectivity index is 2.06. The van der Waals surface area contributed by atoms with E-state index in [1.165, 1.54) is 53.4 Å². The molecule has 1 atom stereocenters. The minimum Gasteiger partial charge on any atom is -0.492 e. The number of ether oxygens (including phenoxy) is 1. The third-order valence-electron chi connectivity index (χ3n) is 6.23. The fourth-order valence-corrected chi connectivity index (χ4v) is 5.56. The van der Waals surface area contributed by atoms with Gasteiger partial charge in [0.05, 0.1) is 17.2 Å². The van der Waals surface area contributed by atoms with Crippen molar-refractivity contribution >= 4 is 39.1 Å². The molecule has 220 valence electrons. The zero-order valence-corrected chi connectivity index (χ0v) is 25.1. The lowest BCUT2D eigenvalue weighted by Gasteiger charge is -2.32. The van der Waals surface area contributed by atoms with Gasteiger partial charge in [-0.05, 0) is 73.9 Å². The van der Waals surface area contributed by atoms with Gasteiger partial charge in [-0.3, -0.25) is 13.9 Å². The number of benzene rings is 3. The molecule has 3 aromatic carbocycles. The zero-order chi connectivity index (χ0) is 30.2. The number of carbonyl (C=O) groups is 2. The van der Waals surface area contributed by atoms with Gasteiger partial charge in [-0.25, -0.2) is 12.8 Å². The molecule has 0 saturated heterocycles. The van der Waals surface area contributed by atoms with Gasteiger partial charge in [-0.15, -0.1) is 0 Å². The molecule has 0 fully saturated rings. The first-order valence-electron chi connectivity index (χ1n) is 13.3. The van der Waals surface area contributed by atoms with Gasteiger partial charge in [0, 0.05) is 18.1 Å². The van der Waals surface area contributed by atoms with Crippen LogP contribution >= 0.6 is 11.6 Å². The maximum absolute atomic E-state index is 14.0. The second-order valence-corrected chi connectivity index (χ2v) is 12.1. The van der Waals surface area contributed by atoms with Gasteiger partial charge in [0.2, 0.25) is 11.8 Å². The van der Waals surface area contributed by atoms with Crippen molar-refractivity contribution in [2.24, 2.45) is 5.92 Å². The SMILES string of the molecule is CCOc1ccccc1N(CC(=O)N(Cc1ccc(F)cc1)[C@@H](C)C(=O)NCC(C)C)S(=O)(=O)c1ccc(Cl)cc1. The number of rotatable bonds is 13. The maximum Gasteiger partial charge on any atom is 0.264 e. The number of hydrogen-bond acceptors (Lipinski definition) is 5. The fourth-order valence-electron chi connectivity index (χ4n) is 4.01. The first-order valence-corrected chi connectivity index (χ1v) is 15.1. The minimum atomic E-state index is -4.29. The van der Waals surface area contributed by atoms with Crippen LogP contribution in [0.25, 0.3) is 0 Å². The minimum absolute atomic E-state index is 0.0443. The van der Waals surface area contributed by atoms with Gasteiger partial charge >= 0.3 is 0 Å². The van der Waals surface area contributed by atoms with E-state index < -0.39 is 40.2 Å². The number of halogens is 2. The molecule has 0 heterocycles. The Hall–Kier alpha value is -3.63. The van der Waals surface area contributed by atoms with E-state index in [0.29, 0.717) is 17.1 Å². The highest BCUT2D eigenvalue weighted by Crippen LogP contribution is 2.33. The summed E-state index contributed by atoms with van der Waals surface area (Å²) in [6.07, 6.45) is 0. The average molecular weight is 604 g/mol. The number of carbonyl (C=O) groups excluding carboxylic acids is 2. The van der Waals surface area contributed by atoms with Crippen LogP contribution in [0.5, 0.6) is 5.75 Å². The smallest absolute Gasteiger partial charge is 0.264 e. The largest absolute Gasteiger partial charge is 0.492 e. The lowest BCUT2D eigenvalue weighted by Crippen LogP contribution is -2.51. The van der Waals surface area contributed by atoms with Crippen LogP contribution < -0.4 is 14.4 Å². The summed E-state index contributed by atoms with van der Waals surface area (Å²) in [7, 11) is -4.29. The van der Waals surface area contributed by atoms with E-state index in [2.05, 4.69) is 5.32 Å². The standard InChI is InChI=1S/C30H35ClFN3O5S/c1-5-40-28-9-7-6-8-27(28)35(41(38,39)26-16-12-24(31)13-17-26)20-29(36)34(19-23-10-14-25(32)15-11-23)22(4)30(37)33-18-21(2)3/h6-17,21-22H,5,18-20H2,1-4H3,(H,33,37)/t22-/m0/s1. The Morgan fingerprint density at radius 1 is 0.976 bits per heavy atom. The summed E-state index contributed by atoms with van der Waals surface area (Å²) in [6, 6.07) is 16.7. The van der Waals surface area contributed by atoms with Gasteiger partial charge in [-0.2, -0.15) is 0 Å². The zero-order valence-electron chi connectivity index (χ0n) is 23.5. The van der Waals surface area contributed by atoms with Gasteiger partial charge < -0.3 is 15.0 Å². The van der Waals surface area contributed by atoms with Crippen molar-refractivity contribution in [2.75, 3.05) is 24.0 Å². The van der Waals surface area contributed by atoms with Crippen molar-refractivity contribution < 1.29 is 27.1 Å². The van der Waals surface area contributed by atoms with Crippen molar-refractivity contribution in [1.29, 1.82) is 0 Å². The average Bonchev–Trinajstić information content (AvgIpc) is 2.94. The molecule has 1 N–H and O–H groups in total. The molecule has 2 amide bonds. The summed E-state index contributed by atoms with van der Waals surface area (Å²) >= 11 is 6.00. The van der Waals surface area contributed by atoms with Crippen LogP contribution in [0.4, 0.5) is 10.1 Å². The Labute approximate surface area is 246 Å². The number of anilines is 1. The fraction of sp³-hybridized carbons (Fsp3) is 0.333. The summed E-state index contributed by atoms with van der Waals surface area (Å²) in [5.41, 5.74) is 0.737. The summed E-state index contributed by atoms with van der Waals surface area (Å²) in [5, 5.41) is 3.18. The number of para-hydroxylation sites is 2. The molecule has 0 aliphatic rings. The normalized spacial score (nSPS) is 12.1. The lowest BCUT2D eigenvalue weighted by molar-refractivity contribution is -0.139. The first-order chi connectivity index (χ1) is 19.4. The molecule has 41 heavy (non-hydrogen) atoms. The van der Waals surface area contributed by atoms with Crippen LogP contribution in [0.1, 0.15) is 33.3 Å². The Morgan fingerprint density at radius 2 is 1.61 bits per heavy atom. The Kier molecular flexibility index (Phi) is 11.1. The van der Waals surface area contributed by atoms with Crippen LogP contribution in [-0.2, 0) is 26.2 Å². The van der Waals surface area contributed by atoms with E-state index >= 15 is 0 Å². The number of amides is 2. The highest BCUT2D eigenvalue weighted by molar-refractivity contribution is 7.92. The molecule has 0 unspecified atom stereocenters. The van der Waals surface area contributed by atoms with E-state index in [0.717, 1.165) is 4.31 Å². The summed E-state index contributed by atoms with van der Waals surface area (Å²) in [5.74, 6) is -1.01. The summed E-state index contributed by atoms with van der Waals surface area (Å²) in [6.45, 7) is 7.23. The van der Waals surface area contributed by atoms with E-state index in [1.807, 2.05) is 13.8 Å². The topological polar surface area (TPSA) is 96.0 Å². The predicted molar refractivity (Wildman–Crippen MR) is 158 cm³/mol. The van der Waals surface area contributed by atoms with Crippen molar-refractivity contribution in [3.8, 4) is 5.75 Å². The van der Waals surface area contributed by atoms with E-state index in [-0.39, 0.29) is 35.4 Å². The van der Waals surface area contributed by atoms with Crippen LogP contribution in [0.2, 0.25) is 5.02 Å². The molecule has 0 saturated carbocycles. The maximum atomic E-state index is 14.0. The molecular formula is C30H35ClFN3O5S. The van der Waals surface area contributed by atoms with Crippen LogP contribution in [0, 0.1) is 11.7 Å². The molecular weight excluding hydrogens is 569 g/mol. The van der Waals surface area contributed by atoms with Crippen molar-refractivity contribution in [2.45, 2.75) is 45.2 Å². The molecule has 8 nitrogen and oxygen atoms in total.